The average molecular weight is 235 g/mol. The van der Waals surface area contributed by atoms with Gasteiger partial charge in [-0.25, -0.2) is 4.39 Å². The molecule has 0 aliphatic rings. The summed E-state index contributed by atoms with van der Waals surface area (Å²) in [6.07, 6.45) is 6.29. The summed E-state index contributed by atoms with van der Waals surface area (Å²) < 4.78 is 13.4. The first-order chi connectivity index (χ1) is 8.19. The van der Waals surface area contributed by atoms with E-state index in [-0.39, 0.29) is 12.6 Å². The zero-order valence-corrected chi connectivity index (χ0v) is 9.99. The van der Waals surface area contributed by atoms with E-state index in [0.717, 1.165) is 12.8 Å². The topological polar surface area (TPSA) is 32.3 Å². The van der Waals surface area contributed by atoms with Crippen LogP contribution in [0, 0.1) is 18.2 Å². The number of aliphatic hydroxyl groups excluding tert-OH is 1. The minimum absolute atomic E-state index is 0.0681. The molecule has 3 heteroatoms. The van der Waals surface area contributed by atoms with Crippen LogP contribution in [0.5, 0.6) is 0 Å². The third-order valence-electron chi connectivity index (χ3n) is 2.60. The molecule has 17 heavy (non-hydrogen) atoms. The summed E-state index contributed by atoms with van der Waals surface area (Å²) in [6.45, 7) is 2.30. The van der Waals surface area contributed by atoms with Gasteiger partial charge in [0.25, 0.3) is 0 Å². The Kier molecular flexibility index (Phi) is 5.68. The third-order valence-corrected chi connectivity index (χ3v) is 2.60. The van der Waals surface area contributed by atoms with E-state index in [4.69, 9.17) is 6.42 Å². The van der Waals surface area contributed by atoms with Gasteiger partial charge in [-0.3, -0.25) is 0 Å². The molecule has 1 rings (SSSR count). The molecule has 92 valence electrons. The van der Waals surface area contributed by atoms with Crippen LogP contribution >= 0.6 is 0 Å². The van der Waals surface area contributed by atoms with E-state index < -0.39 is 11.9 Å². The molecule has 2 unspecified atom stereocenters. The second-order valence-corrected chi connectivity index (χ2v) is 3.95. The number of benzene rings is 1. The van der Waals surface area contributed by atoms with E-state index >= 15 is 0 Å². The minimum Gasteiger partial charge on any atom is -0.387 e. The summed E-state index contributed by atoms with van der Waals surface area (Å²) >= 11 is 0. The second kappa shape index (κ2) is 7.05. The van der Waals surface area contributed by atoms with E-state index in [9.17, 15) is 9.50 Å². The fourth-order valence-corrected chi connectivity index (χ4v) is 1.64. The zero-order chi connectivity index (χ0) is 12.7. The molecule has 1 aromatic rings. The van der Waals surface area contributed by atoms with Gasteiger partial charge in [-0.2, -0.15) is 0 Å². The van der Waals surface area contributed by atoms with Crippen LogP contribution in [-0.4, -0.2) is 17.7 Å². The Hall–Kier alpha value is -1.37. The van der Waals surface area contributed by atoms with Crippen LogP contribution in [-0.2, 0) is 0 Å². The summed E-state index contributed by atoms with van der Waals surface area (Å²) in [6, 6.07) is 6.14. The summed E-state index contributed by atoms with van der Waals surface area (Å²) in [4.78, 5) is 0. The molecular formula is C14H18FNO. The van der Waals surface area contributed by atoms with Crippen molar-refractivity contribution in [3.63, 3.8) is 0 Å². The van der Waals surface area contributed by atoms with Crippen LogP contribution in [0.25, 0.3) is 0 Å². The number of nitrogens with one attached hydrogen (secondary N) is 1. The number of aliphatic hydroxyl groups is 1. The van der Waals surface area contributed by atoms with Crippen molar-refractivity contribution >= 4 is 0 Å². The summed E-state index contributed by atoms with van der Waals surface area (Å²) in [7, 11) is 0. The molecule has 0 fully saturated rings. The van der Waals surface area contributed by atoms with Crippen molar-refractivity contribution in [2.75, 3.05) is 6.54 Å². The van der Waals surface area contributed by atoms with E-state index in [0.29, 0.717) is 5.56 Å². The Labute approximate surface area is 102 Å². The Bertz CT molecular complexity index is 386. The van der Waals surface area contributed by atoms with Gasteiger partial charge >= 0.3 is 0 Å². The van der Waals surface area contributed by atoms with Gasteiger partial charge in [0.1, 0.15) is 5.82 Å². The first-order valence-corrected chi connectivity index (χ1v) is 5.81. The van der Waals surface area contributed by atoms with Crippen LogP contribution < -0.4 is 5.32 Å². The fraction of sp³-hybridized carbons (Fsp3) is 0.429. The second-order valence-electron chi connectivity index (χ2n) is 3.95. The van der Waals surface area contributed by atoms with Gasteiger partial charge in [0.05, 0.1) is 12.1 Å². The Morgan fingerprint density at radius 3 is 2.76 bits per heavy atom. The molecule has 0 bridgehead atoms. The molecule has 0 aromatic heterocycles. The van der Waals surface area contributed by atoms with E-state index in [1.807, 2.05) is 6.92 Å². The average Bonchev–Trinajstić information content (AvgIpc) is 2.34. The number of halogens is 1. The van der Waals surface area contributed by atoms with Gasteiger partial charge in [-0.1, -0.05) is 37.5 Å². The highest BCUT2D eigenvalue weighted by atomic mass is 19.1. The minimum atomic E-state index is -0.871. The lowest BCUT2D eigenvalue weighted by Crippen LogP contribution is -2.31. The molecule has 1 aromatic carbocycles. The molecule has 2 N–H and O–H groups in total. The Morgan fingerprint density at radius 1 is 1.47 bits per heavy atom. The quantitative estimate of drug-likeness (QED) is 0.741. The molecule has 0 saturated carbocycles. The molecule has 2 nitrogen and oxygen atoms in total. The maximum Gasteiger partial charge on any atom is 0.129 e. The zero-order valence-electron chi connectivity index (χ0n) is 9.99. The van der Waals surface area contributed by atoms with Crippen LogP contribution in [0.1, 0.15) is 31.4 Å². The van der Waals surface area contributed by atoms with E-state index in [1.54, 1.807) is 18.2 Å². The van der Waals surface area contributed by atoms with E-state index in [2.05, 4.69) is 11.2 Å². The summed E-state index contributed by atoms with van der Waals surface area (Å²) in [5.74, 6) is 2.21. The van der Waals surface area contributed by atoms with Gasteiger partial charge in [-0.05, 0) is 12.5 Å². The SMILES string of the molecule is C#CC(CCC)NCC(O)c1ccccc1F. The summed E-state index contributed by atoms with van der Waals surface area (Å²) in [5.41, 5.74) is 0.298. The van der Waals surface area contributed by atoms with Crippen LogP contribution in [0.15, 0.2) is 24.3 Å². The summed E-state index contributed by atoms with van der Waals surface area (Å²) in [5, 5.41) is 12.9. The van der Waals surface area contributed by atoms with Gasteiger partial charge in [-0.15, -0.1) is 6.42 Å². The fourth-order valence-electron chi connectivity index (χ4n) is 1.64. The Morgan fingerprint density at radius 2 is 2.18 bits per heavy atom. The molecule has 0 amide bonds. The number of rotatable bonds is 6. The van der Waals surface area contributed by atoms with Crippen molar-refractivity contribution in [3.8, 4) is 12.3 Å². The highest BCUT2D eigenvalue weighted by Gasteiger charge is 2.13. The molecule has 0 radical (unpaired) electrons. The van der Waals surface area contributed by atoms with E-state index in [1.165, 1.54) is 6.07 Å². The molecule has 2 atom stereocenters. The first kappa shape index (κ1) is 13.7. The highest BCUT2D eigenvalue weighted by Crippen LogP contribution is 2.15. The first-order valence-electron chi connectivity index (χ1n) is 5.81. The molecular weight excluding hydrogens is 217 g/mol. The molecule has 0 aliphatic heterocycles. The van der Waals surface area contributed by atoms with Crippen molar-refractivity contribution < 1.29 is 9.50 Å². The standard InChI is InChI=1S/C14H18FNO/c1-3-7-11(4-2)16-10-14(17)12-8-5-6-9-13(12)15/h2,5-6,8-9,11,14,16-17H,3,7,10H2,1H3. The Balaban J connectivity index is 2.53. The van der Waals surface area contributed by atoms with Gasteiger partial charge in [0.2, 0.25) is 0 Å². The predicted molar refractivity (Wildman–Crippen MR) is 66.9 cm³/mol. The monoisotopic (exact) mass is 235 g/mol. The lowest BCUT2D eigenvalue weighted by Gasteiger charge is -2.16. The van der Waals surface area contributed by atoms with Crippen LogP contribution in [0.4, 0.5) is 4.39 Å². The predicted octanol–water partition coefficient (Wildman–Crippen LogP) is 2.25. The van der Waals surface area contributed by atoms with Crippen LogP contribution in [0.2, 0.25) is 0 Å². The van der Waals surface area contributed by atoms with Crippen LogP contribution in [0.3, 0.4) is 0 Å². The number of hydrogen-bond donors (Lipinski definition) is 2. The van der Waals surface area contributed by atoms with Crippen molar-refractivity contribution in [3.05, 3.63) is 35.6 Å². The number of terminal acetylenes is 1. The lowest BCUT2D eigenvalue weighted by molar-refractivity contribution is 0.167. The normalized spacial score (nSPS) is 14.0. The third kappa shape index (κ3) is 4.18. The van der Waals surface area contributed by atoms with Gasteiger partial charge in [0.15, 0.2) is 0 Å². The van der Waals surface area contributed by atoms with Crippen molar-refractivity contribution in [2.24, 2.45) is 0 Å². The largest absolute Gasteiger partial charge is 0.387 e. The lowest BCUT2D eigenvalue weighted by atomic mass is 10.1. The maximum absolute atomic E-state index is 13.4. The van der Waals surface area contributed by atoms with Crippen molar-refractivity contribution in [1.29, 1.82) is 0 Å². The van der Waals surface area contributed by atoms with Crippen molar-refractivity contribution in [1.82, 2.24) is 5.32 Å². The highest BCUT2D eigenvalue weighted by molar-refractivity contribution is 5.20. The molecule has 0 saturated heterocycles. The molecule has 0 aliphatic carbocycles. The van der Waals surface area contributed by atoms with Gasteiger partial charge in [0, 0.05) is 12.1 Å². The smallest absolute Gasteiger partial charge is 0.129 e. The van der Waals surface area contributed by atoms with Crippen molar-refractivity contribution in [2.45, 2.75) is 31.9 Å². The molecule has 0 heterocycles. The number of hydrogen-bond acceptors (Lipinski definition) is 2. The molecule has 0 spiro atoms. The maximum atomic E-state index is 13.4. The van der Waals surface area contributed by atoms with Gasteiger partial charge < -0.3 is 10.4 Å².